The summed E-state index contributed by atoms with van der Waals surface area (Å²) in [6, 6.07) is 1.78. The van der Waals surface area contributed by atoms with Crippen molar-refractivity contribution in [2.24, 2.45) is 5.92 Å². The molecule has 1 unspecified atom stereocenters. The second kappa shape index (κ2) is 6.38. The van der Waals surface area contributed by atoms with Gasteiger partial charge in [0.05, 0.1) is 12.3 Å². The number of nitrogens with zero attached hydrogens (tertiary/aromatic N) is 1. The van der Waals surface area contributed by atoms with E-state index >= 15 is 0 Å². The summed E-state index contributed by atoms with van der Waals surface area (Å²) in [6.45, 7) is 8.08. The van der Waals surface area contributed by atoms with Gasteiger partial charge < -0.3 is 4.74 Å². The van der Waals surface area contributed by atoms with Gasteiger partial charge >= 0.3 is 0 Å². The summed E-state index contributed by atoms with van der Waals surface area (Å²) in [5, 5.41) is 0. The fourth-order valence-corrected chi connectivity index (χ4v) is 1.49. The molecule has 0 amide bonds. The number of aromatic nitrogens is 1. The van der Waals surface area contributed by atoms with Crippen LogP contribution in [-0.4, -0.2) is 16.9 Å². The quantitative estimate of drug-likeness (QED) is 0.708. The molecule has 0 aliphatic rings. The van der Waals surface area contributed by atoms with E-state index in [0.29, 0.717) is 23.7 Å². The second-order valence-electron chi connectivity index (χ2n) is 4.72. The van der Waals surface area contributed by atoms with E-state index in [1.54, 1.807) is 18.5 Å². The van der Waals surface area contributed by atoms with E-state index in [-0.39, 0.29) is 11.9 Å². The first-order chi connectivity index (χ1) is 8.02. The molecule has 0 spiro atoms. The predicted molar refractivity (Wildman–Crippen MR) is 68.4 cm³/mol. The van der Waals surface area contributed by atoms with Gasteiger partial charge in [0.2, 0.25) is 0 Å². The highest BCUT2D eigenvalue weighted by Gasteiger charge is 2.11. The highest BCUT2D eigenvalue weighted by Crippen LogP contribution is 2.17. The van der Waals surface area contributed by atoms with E-state index in [0.717, 1.165) is 6.42 Å². The Morgan fingerprint density at radius 2 is 2.06 bits per heavy atom. The molecule has 1 aromatic rings. The third-order valence-electron chi connectivity index (χ3n) is 2.64. The van der Waals surface area contributed by atoms with Crippen LogP contribution < -0.4 is 4.74 Å². The van der Waals surface area contributed by atoms with Crippen molar-refractivity contribution in [1.29, 1.82) is 0 Å². The maximum atomic E-state index is 12.0. The molecule has 17 heavy (non-hydrogen) atoms. The molecular weight excluding hydrogens is 214 g/mol. The normalized spacial score (nSPS) is 12.5. The molecule has 1 heterocycles. The van der Waals surface area contributed by atoms with Crippen LogP contribution in [0.3, 0.4) is 0 Å². The van der Waals surface area contributed by atoms with Gasteiger partial charge in [0.25, 0.3) is 0 Å². The van der Waals surface area contributed by atoms with Gasteiger partial charge in [0, 0.05) is 18.2 Å². The van der Waals surface area contributed by atoms with E-state index in [4.69, 9.17) is 4.74 Å². The molecule has 1 rings (SSSR count). The second-order valence-corrected chi connectivity index (χ2v) is 4.72. The number of hydrogen-bond donors (Lipinski definition) is 0. The van der Waals surface area contributed by atoms with Crippen molar-refractivity contribution in [3.63, 3.8) is 0 Å². The summed E-state index contributed by atoms with van der Waals surface area (Å²) >= 11 is 0. The number of ether oxygens (including phenoxy) is 1. The summed E-state index contributed by atoms with van der Waals surface area (Å²) in [5.41, 5.74) is 0.642. The maximum absolute atomic E-state index is 12.0. The minimum atomic E-state index is 0.0942. The summed E-state index contributed by atoms with van der Waals surface area (Å²) in [5.74, 6) is 1.22. The van der Waals surface area contributed by atoms with Crippen molar-refractivity contribution in [3.05, 3.63) is 24.0 Å². The Morgan fingerprint density at radius 3 is 2.65 bits per heavy atom. The monoisotopic (exact) mass is 235 g/mol. The van der Waals surface area contributed by atoms with Crippen molar-refractivity contribution < 1.29 is 9.53 Å². The molecule has 0 fully saturated rings. The van der Waals surface area contributed by atoms with Crippen LogP contribution in [0.25, 0.3) is 0 Å². The van der Waals surface area contributed by atoms with Crippen LogP contribution in [0.2, 0.25) is 0 Å². The van der Waals surface area contributed by atoms with E-state index < -0.39 is 0 Å². The molecular formula is C14H21NO2. The lowest BCUT2D eigenvalue weighted by molar-refractivity contribution is 0.0962. The smallest absolute Gasteiger partial charge is 0.164 e. The zero-order valence-corrected chi connectivity index (χ0v) is 11.1. The van der Waals surface area contributed by atoms with Gasteiger partial charge in [-0.05, 0) is 25.8 Å². The maximum Gasteiger partial charge on any atom is 0.164 e. The standard InChI is InChI=1S/C14H21NO2/c1-5-11(4)6-14(16)12-7-13(9-15-8-12)17-10(2)3/h7-11H,5-6H2,1-4H3. The van der Waals surface area contributed by atoms with Crippen LogP contribution in [0.4, 0.5) is 0 Å². The molecule has 0 aliphatic carbocycles. The SMILES string of the molecule is CCC(C)CC(=O)c1cncc(OC(C)C)c1. The molecule has 94 valence electrons. The highest BCUT2D eigenvalue weighted by atomic mass is 16.5. The number of carbonyl (C=O) groups excluding carboxylic acids is 1. The number of Topliss-reactive ketones (excluding diaryl/α,β-unsaturated/α-hetero) is 1. The summed E-state index contributed by atoms with van der Waals surface area (Å²) < 4.78 is 5.52. The molecule has 0 radical (unpaired) electrons. The van der Waals surface area contributed by atoms with Gasteiger partial charge in [-0.2, -0.15) is 0 Å². The van der Waals surface area contributed by atoms with Crippen molar-refractivity contribution in [1.82, 2.24) is 4.98 Å². The van der Waals surface area contributed by atoms with Crippen molar-refractivity contribution in [2.75, 3.05) is 0 Å². The van der Waals surface area contributed by atoms with E-state index in [9.17, 15) is 4.79 Å². The Morgan fingerprint density at radius 1 is 1.35 bits per heavy atom. The van der Waals surface area contributed by atoms with Gasteiger partial charge in [0.1, 0.15) is 5.75 Å². The Balaban J connectivity index is 2.73. The Labute approximate surface area is 103 Å². The fraction of sp³-hybridized carbons (Fsp3) is 0.571. The van der Waals surface area contributed by atoms with E-state index in [1.807, 2.05) is 13.8 Å². The van der Waals surface area contributed by atoms with Crippen LogP contribution >= 0.6 is 0 Å². The third-order valence-corrected chi connectivity index (χ3v) is 2.64. The number of carbonyl (C=O) groups is 1. The number of ketones is 1. The summed E-state index contributed by atoms with van der Waals surface area (Å²) in [4.78, 5) is 16.0. The molecule has 0 saturated carbocycles. The predicted octanol–water partition coefficient (Wildman–Crippen LogP) is 3.49. The fourth-order valence-electron chi connectivity index (χ4n) is 1.49. The minimum Gasteiger partial charge on any atom is -0.489 e. The molecule has 0 aromatic carbocycles. The lowest BCUT2D eigenvalue weighted by atomic mass is 9.99. The average Bonchev–Trinajstić information content (AvgIpc) is 2.28. The lowest BCUT2D eigenvalue weighted by Crippen LogP contribution is -2.09. The molecule has 0 aliphatic heterocycles. The molecule has 3 heteroatoms. The van der Waals surface area contributed by atoms with Gasteiger partial charge in [-0.15, -0.1) is 0 Å². The van der Waals surface area contributed by atoms with Gasteiger partial charge in [-0.3, -0.25) is 9.78 Å². The van der Waals surface area contributed by atoms with Gasteiger partial charge in [0.15, 0.2) is 5.78 Å². The minimum absolute atomic E-state index is 0.0942. The molecule has 1 aromatic heterocycles. The number of pyridine rings is 1. The Hall–Kier alpha value is -1.38. The topological polar surface area (TPSA) is 39.2 Å². The van der Waals surface area contributed by atoms with E-state index in [1.165, 1.54) is 0 Å². The molecule has 3 nitrogen and oxygen atoms in total. The molecule has 0 N–H and O–H groups in total. The summed E-state index contributed by atoms with van der Waals surface area (Å²) in [7, 11) is 0. The molecule has 0 saturated heterocycles. The van der Waals surface area contributed by atoms with Crippen LogP contribution in [0.15, 0.2) is 18.5 Å². The van der Waals surface area contributed by atoms with E-state index in [2.05, 4.69) is 18.8 Å². The zero-order chi connectivity index (χ0) is 12.8. The van der Waals surface area contributed by atoms with Crippen molar-refractivity contribution in [2.45, 2.75) is 46.6 Å². The van der Waals surface area contributed by atoms with Crippen LogP contribution in [0.1, 0.15) is 50.9 Å². The summed E-state index contributed by atoms with van der Waals surface area (Å²) in [6.07, 6.45) is 4.93. The zero-order valence-electron chi connectivity index (χ0n) is 11.1. The first kappa shape index (κ1) is 13.7. The number of rotatable bonds is 6. The highest BCUT2D eigenvalue weighted by molar-refractivity contribution is 5.96. The van der Waals surface area contributed by atoms with Crippen LogP contribution in [-0.2, 0) is 0 Å². The van der Waals surface area contributed by atoms with Crippen LogP contribution in [0.5, 0.6) is 5.75 Å². The Kier molecular flexibility index (Phi) is 5.13. The third kappa shape index (κ3) is 4.55. The average molecular weight is 235 g/mol. The van der Waals surface area contributed by atoms with Crippen molar-refractivity contribution in [3.8, 4) is 5.75 Å². The molecule has 1 atom stereocenters. The first-order valence-corrected chi connectivity index (χ1v) is 6.17. The molecule has 0 bridgehead atoms. The van der Waals surface area contributed by atoms with Crippen LogP contribution in [0, 0.1) is 5.92 Å². The largest absolute Gasteiger partial charge is 0.489 e. The van der Waals surface area contributed by atoms with Crippen molar-refractivity contribution >= 4 is 5.78 Å². The van der Waals surface area contributed by atoms with Gasteiger partial charge in [-0.1, -0.05) is 20.3 Å². The lowest BCUT2D eigenvalue weighted by Gasteiger charge is -2.11. The Bertz CT molecular complexity index is 374. The van der Waals surface area contributed by atoms with Gasteiger partial charge in [-0.25, -0.2) is 0 Å². The first-order valence-electron chi connectivity index (χ1n) is 6.17. The number of hydrogen-bond acceptors (Lipinski definition) is 3.